The van der Waals surface area contributed by atoms with Gasteiger partial charge in [-0.2, -0.15) is 4.98 Å². The van der Waals surface area contributed by atoms with Gasteiger partial charge in [-0.15, -0.1) is 0 Å². The van der Waals surface area contributed by atoms with E-state index in [0.29, 0.717) is 28.4 Å². The summed E-state index contributed by atoms with van der Waals surface area (Å²) >= 11 is 5.95. The fourth-order valence-electron chi connectivity index (χ4n) is 1.82. The van der Waals surface area contributed by atoms with Crippen molar-refractivity contribution in [2.75, 3.05) is 0 Å². The Morgan fingerprint density at radius 1 is 1.24 bits per heavy atom. The predicted molar refractivity (Wildman–Crippen MR) is 73.4 cm³/mol. The first-order chi connectivity index (χ1) is 10.1. The van der Waals surface area contributed by atoms with E-state index in [1.807, 2.05) is 0 Å². The van der Waals surface area contributed by atoms with Crippen molar-refractivity contribution >= 4 is 11.6 Å². The van der Waals surface area contributed by atoms with Crippen LogP contribution in [0.15, 0.2) is 41.2 Å². The van der Waals surface area contributed by atoms with E-state index in [1.165, 1.54) is 30.6 Å². The van der Waals surface area contributed by atoms with Crippen molar-refractivity contribution < 1.29 is 14.0 Å². The van der Waals surface area contributed by atoms with Crippen LogP contribution < -0.4 is 0 Å². The zero-order valence-corrected chi connectivity index (χ0v) is 11.4. The molecule has 3 rings (SSSR count). The number of hydrogen-bond acceptors (Lipinski definition) is 5. The lowest BCUT2D eigenvalue weighted by Crippen LogP contribution is -1.92. The fourth-order valence-corrected chi connectivity index (χ4v) is 2.06. The van der Waals surface area contributed by atoms with E-state index in [4.69, 9.17) is 16.1 Å². The Morgan fingerprint density at radius 2 is 2.10 bits per heavy atom. The molecule has 0 saturated heterocycles. The molecule has 0 radical (unpaired) electrons. The molecule has 106 valence electrons. The van der Waals surface area contributed by atoms with Crippen molar-refractivity contribution in [1.29, 1.82) is 0 Å². The van der Waals surface area contributed by atoms with Crippen LogP contribution in [-0.4, -0.2) is 20.2 Å². The quantitative estimate of drug-likeness (QED) is 0.804. The van der Waals surface area contributed by atoms with Crippen molar-refractivity contribution in [3.63, 3.8) is 0 Å². The lowest BCUT2D eigenvalue weighted by Gasteiger charge is -2.00. The average molecular weight is 306 g/mol. The van der Waals surface area contributed by atoms with Gasteiger partial charge in [0.1, 0.15) is 11.6 Å². The summed E-state index contributed by atoms with van der Waals surface area (Å²) in [5, 5.41) is 13.5. The fraction of sp³-hybridized carbons (Fsp3) is 0.0714. The highest BCUT2D eigenvalue weighted by molar-refractivity contribution is 6.31. The van der Waals surface area contributed by atoms with Crippen LogP contribution in [0.4, 0.5) is 4.39 Å². The van der Waals surface area contributed by atoms with Crippen LogP contribution in [0.2, 0.25) is 5.02 Å². The number of pyridine rings is 1. The number of benzene rings is 1. The first kappa shape index (κ1) is 13.5. The number of hydrogen-bond donors (Lipinski definition) is 1. The molecule has 0 aliphatic heterocycles. The maximum atomic E-state index is 13.0. The second kappa shape index (κ2) is 5.49. The highest BCUT2D eigenvalue weighted by atomic mass is 35.5. The first-order valence-corrected chi connectivity index (χ1v) is 6.40. The lowest BCUT2D eigenvalue weighted by molar-refractivity contribution is 0.423. The van der Waals surface area contributed by atoms with E-state index >= 15 is 0 Å². The van der Waals surface area contributed by atoms with E-state index in [-0.39, 0.29) is 11.6 Å². The Hall–Kier alpha value is -2.47. The summed E-state index contributed by atoms with van der Waals surface area (Å²) in [4.78, 5) is 8.04. The van der Waals surface area contributed by atoms with Gasteiger partial charge in [0.25, 0.3) is 5.89 Å². The Balaban J connectivity index is 1.85. The Bertz CT molecular complexity index is 791. The minimum absolute atomic E-state index is 0.00818. The normalized spacial score (nSPS) is 10.8. The van der Waals surface area contributed by atoms with Gasteiger partial charge in [0.05, 0.1) is 11.8 Å². The molecule has 0 unspecified atom stereocenters. The van der Waals surface area contributed by atoms with Crippen LogP contribution in [0.5, 0.6) is 5.75 Å². The lowest BCUT2D eigenvalue weighted by atomic mass is 10.1. The van der Waals surface area contributed by atoms with E-state index in [1.54, 1.807) is 6.07 Å². The molecular weight excluding hydrogens is 297 g/mol. The van der Waals surface area contributed by atoms with Crippen LogP contribution in [-0.2, 0) is 6.42 Å². The Morgan fingerprint density at radius 3 is 2.86 bits per heavy atom. The summed E-state index contributed by atoms with van der Waals surface area (Å²) in [5.41, 5.74) is 1.21. The number of rotatable bonds is 3. The standard InChI is InChI=1S/C14H9ClFN3O2/c15-12-5-10(16)2-1-8(12)4-13-18-14(21-19-13)9-3-11(20)7-17-6-9/h1-3,5-7,20H,4H2. The van der Waals surface area contributed by atoms with Gasteiger partial charge in [-0.05, 0) is 23.8 Å². The smallest absolute Gasteiger partial charge is 0.259 e. The zero-order chi connectivity index (χ0) is 14.8. The van der Waals surface area contributed by atoms with Crippen LogP contribution in [0, 0.1) is 5.82 Å². The molecule has 2 heterocycles. The second-order valence-corrected chi connectivity index (χ2v) is 4.77. The van der Waals surface area contributed by atoms with E-state index in [2.05, 4.69) is 15.1 Å². The van der Waals surface area contributed by atoms with Crippen molar-refractivity contribution in [3.05, 3.63) is 58.9 Å². The van der Waals surface area contributed by atoms with Gasteiger partial charge in [-0.1, -0.05) is 22.8 Å². The SMILES string of the molecule is Oc1cncc(-c2nc(Cc3ccc(F)cc3Cl)no2)c1. The van der Waals surface area contributed by atoms with Crippen molar-refractivity contribution in [2.45, 2.75) is 6.42 Å². The molecule has 1 aromatic carbocycles. The third-order valence-corrected chi connectivity index (χ3v) is 3.15. The average Bonchev–Trinajstić information content (AvgIpc) is 2.91. The molecule has 3 aromatic rings. The Kier molecular flexibility index (Phi) is 3.53. The molecule has 1 N–H and O–H groups in total. The molecule has 0 fully saturated rings. The van der Waals surface area contributed by atoms with Gasteiger partial charge in [-0.25, -0.2) is 4.39 Å². The van der Waals surface area contributed by atoms with Crippen LogP contribution in [0.1, 0.15) is 11.4 Å². The van der Waals surface area contributed by atoms with Gasteiger partial charge < -0.3 is 9.63 Å². The summed E-state index contributed by atoms with van der Waals surface area (Å²) in [7, 11) is 0. The third kappa shape index (κ3) is 3.00. The molecule has 21 heavy (non-hydrogen) atoms. The first-order valence-electron chi connectivity index (χ1n) is 6.03. The molecule has 5 nitrogen and oxygen atoms in total. The van der Waals surface area contributed by atoms with E-state index in [0.717, 1.165) is 0 Å². The largest absolute Gasteiger partial charge is 0.506 e. The summed E-state index contributed by atoms with van der Waals surface area (Å²) < 4.78 is 18.1. The molecule has 0 bridgehead atoms. The van der Waals surface area contributed by atoms with Crippen LogP contribution >= 0.6 is 11.6 Å². The minimum Gasteiger partial charge on any atom is -0.506 e. The van der Waals surface area contributed by atoms with Crippen molar-refractivity contribution in [2.24, 2.45) is 0 Å². The molecule has 0 spiro atoms. The topological polar surface area (TPSA) is 72.0 Å². The molecule has 0 amide bonds. The number of aromatic hydroxyl groups is 1. The molecule has 0 atom stereocenters. The van der Waals surface area contributed by atoms with Gasteiger partial charge in [-0.3, -0.25) is 4.98 Å². The van der Waals surface area contributed by atoms with Gasteiger partial charge in [0.15, 0.2) is 5.82 Å². The highest BCUT2D eigenvalue weighted by Crippen LogP contribution is 2.23. The third-order valence-electron chi connectivity index (χ3n) is 2.80. The van der Waals surface area contributed by atoms with Gasteiger partial charge in [0.2, 0.25) is 0 Å². The van der Waals surface area contributed by atoms with Crippen LogP contribution in [0.25, 0.3) is 11.5 Å². The molecule has 7 heteroatoms. The van der Waals surface area contributed by atoms with Crippen molar-refractivity contribution in [1.82, 2.24) is 15.1 Å². The molecule has 0 aliphatic rings. The van der Waals surface area contributed by atoms with Gasteiger partial charge in [0, 0.05) is 17.6 Å². The zero-order valence-electron chi connectivity index (χ0n) is 10.6. The maximum Gasteiger partial charge on any atom is 0.259 e. The number of aromatic nitrogens is 3. The van der Waals surface area contributed by atoms with Crippen LogP contribution in [0.3, 0.4) is 0 Å². The summed E-state index contributed by atoms with van der Waals surface area (Å²) in [6, 6.07) is 5.59. The second-order valence-electron chi connectivity index (χ2n) is 4.36. The molecule has 0 saturated carbocycles. The predicted octanol–water partition coefficient (Wildman–Crippen LogP) is 3.22. The van der Waals surface area contributed by atoms with E-state index < -0.39 is 5.82 Å². The molecule has 2 aromatic heterocycles. The summed E-state index contributed by atoms with van der Waals surface area (Å²) in [5.74, 6) is 0.255. The maximum absolute atomic E-state index is 13.0. The summed E-state index contributed by atoms with van der Waals surface area (Å²) in [6.45, 7) is 0. The minimum atomic E-state index is -0.400. The number of nitrogens with zero attached hydrogens (tertiary/aromatic N) is 3. The Labute approximate surface area is 124 Å². The van der Waals surface area contributed by atoms with Gasteiger partial charge >= 0.3 is 0 Å². The molecule has 0 aliphatic carbocycles. The monoisotopic (exact) mass is 305 g/mol. The molecular formula is C14H9ClFN3O2. The van der Waals surface area contributed by atoms with Crippen molar-refractivity contribution in [3.8, 4) is 17.2 Å². The summed E-state index contributed by atoms with van der Waals surface area (Å²) in [6.07, 6.45) is 3.12. The number of halogens is 2. The van der Waals surface area contributed by atoms with E-state index in [9.17, 15) is 9.50 Å². The highest BCUT2D eigenvalue weighted by Gasteiger charge is 2.12.